The first-order chi connectivity index (χ1) is 33.3. The molecule has 0 aliphatic carbocycles. The van der Waals surface area contributed by atoms with Crippen LogP contribution in [0.5, 0.6) is 0 Å². The molecule has 1 saturated heterocycles. The Morgan fingerprint density at radius 3 is 1.60 bits per heavy atom. The molecule has 1 aliphatic heterocycles. The first kappa shape index (κ1) is 54.6. The fraction of sp³-hybridized carbons (Fsp3) is 0.603. The van der Waals surface area contributed by atoms with E-state index in [2.05, 4.69) is 97.2 Å². The number of carbonyl (C=O) groups excluding carboxylic acids is 3. The van der Waals surface area contributed by atoms with Crippen LogP contribution in [0.15, 0.2) is 84.9 Å². The van der Waals surface area contributed by atoms with Crippen molar-refractivity contribution >= 4 is 39.4 Å². The van der Waals surface area contributed by atoms with Crippen molar-refractivity contribution in [2.75, 3.05) is 6.61 Å². The van der Waals surface area contributed by atoms with Crippen molar-refractivity contribution in [1.29, 1.82) is 0 Å². The molecule has 0 unspecified atom stereocenters. The van der Waals surface area contributed by atoms with Crippen LogP contribution in [0.4, 0.5) is 0 Å². The number of ether oxygens (including phenoxy) is 3. The summed E-state index contributed by atoms with van der Waals surface area (Å²) in [6.45, 7) is 1.60. The van der Waals surface area contributed by atoms with Crippen LogP contribution in [-0.2, 0) is 41.4 Å². The van der Waals surface area contributed by atoms with E-state index in [1.54, 1.807) is 0 Å². The van der Waals surface area contributed by atoms with Crippen LogP contribution in [0.2, 0.25) is 0 Å². The van der Waals surface area contributed by atoms with Gasteiger partial charge in [0.2, 0.25) is 5.91 Å². The van der Waals surface area contributed by atoms with Gasteiger partial charge in [-0.1, -0.05) is 195 Å². The molecule has 4 N–H and O–H groups in total. The Morgan fingerprint density at radius 1 is 0.588 bits per heavy atom. The van der Waals surface area contributed by atoms with Crippen LogP contribution in [0, 0.1) is 0 Å². The van der Waals surface area contributed by atoms with Gasteiger partial charge >= 0.3 is 11.9 Å². The number of aliphatic hydroxyl groups excluding tert-OH is 3. The first-order valence-corrected chi connectivity index (χ1v) is 26.5. The minimum atomic E-state index is -1.65. The number of fused-ring (bicyclic) bond motifs is 2. The summed E-state index contributed by atoms with van der Waals surface area (Å²) >= 11 is 0. The van der Waals surface area contributed by atoms with Crippen molar-refractivity contribution in [1.82, 2.24) is 5.32 Å². The summed E-state index contributed by atoms with van der Waals surface area (Å²) in [5.41, 5.74) is 2.76. The van der Waals surface area contributed by atoms with Crippen molar-refractivity contribution in [3.05, 3.63) is 96.1 Å². The molecule has 10 heteroatoms. The zero-order chi connectivity index (χ0) is 48.2. The molecule has 0 saturated carbocycles. The molecule has 374 valence electrons. The third-order valence-electron chi connectivity index (χ3n) is 13.7. The quantitative estimate of drug-likeness (QED) is 0.0265. The zero-order valence-electron chi connectivity index (χ0n) is 41.1. The van der Waals surface area contributed by atoms with E-state index in [0.717, 1.165) is 103 Å². The van der Waals surface area contributed by atoms with Gasteiger partial charge < -0.3 is 34.8 Å². The van der Waals surface area contributed by atoms with Gasteiger partial charge in [-0.2, -0.15) is 0 Å². The highest BCUT2D eigenvalue weighted by Gasteiger charge is 2.47. The zero-order valence-corrected chi connectivity index (χ0v) is 41.1. The summed E-state index contributed by atoms with van der Waals surface area (Å²) < 4.78 is 17.1. The maximum absolute atomic E-state index is 13.7. The highest BCUT2D eigenvalue weighted by molar-refractivity contribution is 5.86. The van der Waals surface area contributed by atoms with Crippen LogP contribution in [0.25, 0.3) is 21.5 Å². The lowest BCUT2D eigenvalue weighted by atomic mass is 9.96. The Bertz CT molecular complexity index is 2040. The Balaban J connectivity index is 1.03. The number of hydrogen-bond donors (Lipinski definition) is 4. The molecule has 1 heterocycles. The molecule has 68 heavy (non-hydrogen) atoms. The lowest BCUT2D eigenvalue weighted by molar-refractivity contribution is -0.259. The van der Waals surface area contributed by atoms with Gasteiger partial charge in [0.25, 0.3) is 0 Å². The molecule has 4 aromatic carbocycles. The summed E-state index contributed by atoms with van der Waals surface area (Å²) in [5, 5.41) is 39.9. The van der Waals surface area contributed by atoms with Crippen molar-refractivity contribution in [2.24, 2.45) is 0 Å². The number of aryl methyl sites for hydroxylation is 2. The molecule has 10 nitrogen and oxygen atoms in total. The highest BCUT2D eigenvalue weighted by Crippen LogP contribution is 2.26. The molecule has 1 aliphatic rings. The molecular formula is C58H83NO9. The van der Waals surface area contributed by atoms with E-state index in [-0.39, 0.29) is 25.2 Å². The van der Waals surface area contributed by atoms with Crippen LogP contribution in [0.3, 0.4) is 0 Å². The molecule has 6 atom stereocenters. The number of rotatable bonds is 34. The molecule has 1 fully saturated rings. The molecule has 0 spiro atoms. The molecule has 0 radical (unpaired) electrons. The number of aliphatic hydroxyl groups is 3. The van der Waals surface area contributed by atoms with Gasteiger partial charge in [0.1, 0.15) is 24.4 Å². The van der Waals surface area contributed by atoms with E-state index in [4.69, 9.17) is 14.2 Å². The van der Waals surface area contributed by atoms with Gasteiger partial charge in [0.15, 0.2) is 12.4 Å². The first-order valence-electron chi connectivity index (χ1n) is 26.5. The lowest BCUT2D eigenvalue weighted by Crippen LogP contribution is -2.65. The molecule has 0 bridgehead atoms. The van der Waals surface area contributed by atoms with Gasteiger partial charge in [-0.3, -0.25) is 14.4 Å². The normalized spacial score (nSPS) is 18.7. The highest BCUT2D eigenvalue weighted by atomic mass is 16.6. The molecule has 1 amide bonds. The predicted octanol–water partition coefficient (Wildman–Crippen LogP) is 11.9. The summed E-state index contributed by atoms with van der Waals surface area (Å²) in [6, 6.07) is 28.7. The molecule has 4 aromatic rings. The Kier molecular flexibility index (Phi) is 25.5. The smallest absolute Gasteiger partial charge is 0.306 e. The van der Waals surface area contributed by atoms with Gasteiger partial charge in [-0.05, 0) is 84.0 Å². The number of hydrogen-bond acceptors (Lipinski definition) is 9. The minimum absolute atomic E-state index is 0.114. The number of carbonyl (C=O) groups is 3. The van der Waals surface area contributed by atoms with E-state index in [0.29, 0.717) is 19.3 Å². The second-order valence-corrected chi connectivity index (χ2v) is 19.2. The number of unbranched alkanes of at least 4 members (excludes halogenated alkanes) is 18. The third kappa shape index (κ3) is 19.2. The topological polar surface area (TPSA) is 152 Å². The Labute approximate surface area is 406 Å². The van der Waals surface area contributed by atoms with E-state index in [1.165, 1.54) is 64.8 Å². The average Bonchev–Trinajstić information content (AvgIpc) is 3.34. The molecular weight excluding hydrogens is 855 g/mol. The fourth-order valence-electron chi connectivity index (χ4n) is 9.78. The minimum Gasteiger partial charge on any atom is -0.462 e. The second kappa shape index (κ2) is 31.7. The predicted molar refractivity (Wildman–Crippen MR) is 272 cm³/mol. The third-order valence-corrected chi connectivity index (χ3v) is 13.7. The van der Waals surface area contributed by atoms with Crippen molar-refractivity contribution < 1.29 is 43.9 Å². The standard InChI is InChI=1S/C58H83NO9/c1-2-3-4-5-6-7-8-15-20-37-48(66-53(62)40-21-16-11-9-13-18-29-44-33-27-35-46-31-23-25-38-49(44)46)42-52(61)59-55-57(56(64)51(43-60)67-58(55)65)68-54(63)41-22-17-12-10-14-19-30-45-34-28-36-47-32-24-26-39-50(45)47/h23-28,31-36,38-39,48,51,55-58,60,64-65H,2-22,29-30,37,40-43H2,1H3,(H,59,61)/t48-,51+,55+,56+,57+,58+/m0/s1. The Hall–Kier alpha value is -4.35. The maximum Gasteiger partial charge on any atom is 0.306 e. The number of benzene rings is 4. The average molecular weight is 938 g/mol. The Morgan fingerprint density at radius 2 is 1.06 bits per heavy atom. The van der Waals surface area contributed by atoms with Crippen LogP contribution < -0.4 is 5.32 Å². The van der Waals surface area contributed by atoms with Crippen molar-refractivity contribution in [2.45, 2.75) is 217 Å². The summed E-state index contributed by atoms with van der Waals surface area (Å²) in [6.07, 6.45) is 18.4. The van der Waals surface area contributed by atoms with E-state index < -0.39 is 55.2 Å². The summed E-state index contributed by atoms with van der Waals surface area (Å²) in [4.78, 5) is 39.9. The van der Waals surface area contributed by atoms with E-state index in [1.807, 2.05) is 0 Å². The monoisotopic (exact) mass is 938 g/mol. The lowest BCUT2D eigenvalue weighted by Gasteiger charge is -2.42. The van der Waals surface area contributed by atoms with Gasteiger partial charge in [-0.15, -0.1) is 0 Å². The van der Waals surface area contributed by atoms with Crippen molar-refractivity contribution in [3.63, 3.8) is 0 Å². The second-order valence-electron chi connectivity index (χ2n) is 19.2. The maximum atomic E-state index is 13.7. The van der Waals surface area contributed by atoms with Gasteiger partial charge in [-0.25, -0.2) is 0 Å². The molecule has 0 aromatic heterocycles. The number of amides is 1. The van der Waals surface area contributed by atoms with Gasteiger partial charge in [0, 0.05) is 12.8 Å². The largest absolute Gasteiger partial charge is 0.462 e. The van der Waals surface area contributed by atoms with E-state index >= 15 is 0 Å². The van der Waals surface area contributed by atoms with Crippen LogP contribution in [-0.4, -0.2) is 76.5 Å². The number of esters is 2. The molecule has 5 rings (SSSR count). The summed E-state index contributed by atoms with van der Waals surface area (Å²) in [5.74, 6) is -1.41. The van der Waals surface area contributed by atoms with Crippen LogP contribution in [0.1, 0.15) is 179 Å². The van der Waals surface area contributed by atoms with Crippen LogP contribution >= 0.6 is 0 Å². The fourth-order valence-corrected chi connectivity index (χ4v) is 9.78. The SMILES string of the molecule is CCCCCCCCCCC[C@@H](CC(=O)N[C@@H]1[C@@H](OC(=O)CCCCCCCCc2cccc3ccccc23)[C@H](O)[C@@H](CO)O[C@H]1O)OC(=O)CCCCCCCCc1cccc2ccccc12. The van der Waals surface area contributed by atoms with Gasteiger partial charge in [0.05, 0.1) is 13.0 Å². The summed E-state index contributed by atoms with van der Waals surface area (Å²) in [7, 11) is 0. The number of nitrogens with one attached hydrogen (secondary N) is 1. The van der Waals surface area contributed by atoms with E-state index in [9.17, 15) is 29.7 Å². The van der Waals surface area contributed by atoms with Crippen molar-refractivity contribution in [3.8, 4) is 0 Å².